The van der Waals surface area contributed by atoms with Crippen molar-refractivity contribution in [1.29, 1.82) is 0 Å². The van der Waals surface area contributed by atoms with Gasteiger partial charge in [-0.15, -0.1) is 0 Å². The van der Waals surface area contributed by atoms with Crippen LogP contribution in [0.25, 0.3) is 0 Å². The molecule has 0 radical (unpaired) electrons. The average molecular weight is 254 g/mol. The third kappa shape index (κ3) is 5.07. The van der Waals surface area contributed by atoms with Gasteiger partial charge in [-0.25, -0.2) is 4.79 Å². The van der Waals surface area contributed by atoms with Crippen LogP contribution in [-0.2, 0) is 4.79 Å². The van der Waals surface area contributed by atoms with E-state index < -0.39 is 0 Å². The summed E-state index contributed by atoms with van der Waals surface area (Å²) in [5.74, 6) is 0.454. The van der Waals surface area contributed by atoms with Crippen molar-refractivity contribution >= 4 is 11.8 Å². The first-order valence-electron chi connectivity index (χ1n) is 7.06. The molecule has 0 aromatic carbocycles. The van der Waals surface area contributed by atoms with Gasteiger partial charge in [-0.05, 0) is 32.1 Å². The van der Waals surface area contributed by atoms with Crippen LogP contribution in [0.15, 0.2) is 0 Å². The first-order chi connectivity index (χ1) is 8.50. The summed E-state index contributed by atoms with van der Waals surface area (Å²) in [6.07, 6.45) is 5.26. The van der Waals surface area contributed by atoms with Crippen LogP contribution in [0.5, 0.6) is 0 Å². The molecule has 0 bridgehead atoms. The lowest BCUT2D eigenvalue weighted by Crippen LogP contribution is -2.48. The highest BCUT2D eigenvalue weighted by molar-refractivity contribution is 5.86. The molecule has 0 spiro atoms. The molecule has 0 aromatic rings. The fourth-order valence-electron chi connectivity index (χ4n) is 2.31. The first-order valence-corrected chi connectivity index (χ1v) is 7.06. The van der Waals surface area contributed by atoms with E-state index in [9.17, 15) is 9.59 Å². The zero-order valence-electron chi connectivity index (χ0n) is 11.9. The number of carbonyl (C=O) groups excluding carboxylic acids is 2. The number of carbonyl (C=O) groups is 2. The van der Waals surface area contributed by atoms with Crippen molar-refractivity contribution in [1.82, 2.24) is 10.2 Å². The van der Waals surface area contributed by atoms with Crippen LogP contribution in [0.2, 0.25) is 0 Å². The summed E-state index contributed by atoms with van der Waals surface area (Å²) in [6.45, 7) is 7.31. The monoisotopic (exact) mass is 254 g/mol. The van der Waals surface area contributed by atoms with Crippen LogP contribution in [0.4, 0.5) is 4.79 Å². The van der Waals surface area contributed by atoms with E-state index >= 15 is 0 Å². The van der Waals surface area contributed by atoms with Crippen molar-refractivity contribution in [2.75, 3.05) is 13.1 Å². The summed E-state index contributed by atoms with van der Waals surface area (Å²) in [5, 5.41) is 2.88. The Hall–Kier alpha value is -1.06. The van der Waals surface area contributed by atoms with Gasteiger partial charge < -0.3 is 10.2 Å². The molecule has 1 atom stereocenters. The molecule has 1 saturated heterocycles. The van der Waals surface area contributed by atoms with Crippen molar-refractivity contribution in [3.05, 3.63) is 0 Å². The standard InChI is InChI=1S/C14H26N2O2/c1-11(2)10-13(12(3)17)15-14(18)16-8-6-4-5-7-9-16/h11,13H,4-10H2,1-3H3,(H,15,18)/t13-/m0/s1. The Morgan fingerprint density at radius 3 is 2.11 bits per heavy atom. The van der Waals surface area contributed by atoms with Gasteiger partial charge in [-0.2, -0.15) is 0 Å². The average Bonchev–Trinajstić information content (AvgIpc) is 2.55. The number of likely N-dealkylation sites (tertiary alicyclic amines) is 1. The Labute approximate surface area is 110 Å². The predicted octanol–water partition coefficient (Wildman–Crippen LogP) is 2.58. The van der Waals surface area contributed by atoms with Gasteiger partial charge in [0.15, 0.2) is 5.78 Å². The van der Waals surface area contributed by atoms with E-state index in [1.165, 1.54) is 12.8 Å². The smallest absolute Gasteiger partial charge is 0.317 e. The Kier molecular flexibility index (Phi) is 6.16. The molecule has 0 saturated carbocycles. The number of nitrogens with one attached hydrogen (secondary N) is 1. The topological polar surface area (TPSA) is 49.4 Å². The lowest BCUT2D eigenvalue weighted by molar-refractivity contribution is -0.119. The van der Waals surface area contributed by atoms with Gasteiger partial charge in [-0.1, -0.05) is 26.7 Å². The maximum absolute atomic E-state index is 12.1. The molecular formula is C14H26N2O2. The minimum absolute atomic E-state index is 0.0480. The highest BCUT2D eigenvalue weighted by atomic mass is 16.2. The summed E-state index contributed by atoms with van der Waals surface area (Å²) in [6, 6.07) is -0.404. The summed E-state index contributed by atoms with van der Waals surface area (Å²) in [7, 11) is 0. The maximum Gasteiger partial charge on any atom is 0.317 e. The van der Waals surface area contributed by atoms with Gasteiger partial charge in [0.25, 0.3) is 0 Å². The molecule has 1 fully saturated rings. The number of hydrogen-bond donors (Lipinski definition) is 1. The number of ketones is 1. The van der Waals surface area contributed by atoms with Crippen molar-refractivity contribution in [2.24, 2.45) is 5.92 Å². The maximum atomic E-state index is 12.1. The van der Waals surface area contributed by atoms with Crippen LogP contribution in [0.1, 0.15) is 52.9 Å². The van der Waals surface area contributed by atoms with Gasteiger partial charge in [0.2, 0.25) is 0 Å². The van der Waals surface area contributed by atoms with Crippen molar-refractivity contribution in [3.8, 4) is 0 Å². The van der Waals surface area contributed by atoms with Gasteiger partial charge in [-0.3, -0.25) is 4.79 Å². The van der Waals surface area contributed by atoms with Crippen LogP contribution in [-0.4, -0.2) is 35.8 Å². The zero-order chi connectivity index (χ0) is 13.5. The third-order valence-electron chi connectivity index (χ3n) is 3.39. The molecule has 1 N–H and O–H groups in total. The fraction of sp³-hybridized carbons (Fsp3) is 0.857. The Bertz CT molecular complexity index is 282. The second-order valence-electron chi connectivity index (χ2n) is 5.64. The fourth-order valence-corrected chi connectivity index (χ4v) is 2.31. The molecule has 1 rings (SSSR count). The van der Waals surface area contributed by atoms with E-state index in [0.29, 0.717) is 5.92 Å². The first kappa shape index (κ1) is 15.0. The van der Waals surface area contributed by atoms with Crippen LogP contribution in [0.3, 0.4) is 0 Å². The van der Waals surface area contributed by atoms with Gasteiger partial charge >= 0.3 is 6.03 Å². The molecule has 18 heavy (non-hydrogen) atoms. The lowest BCUT2D eigenvalue weighted by Gasteiger charge is -2.25. The van der Waals surface area contributed by atoms with Crippen LogP contribution in [0, 0.1) is 5.92 Å². The molecule has 1 heterocycles. The number of urea groups is 1. The van der Waals surface area contributed by atoms with E-state index in [4.69, 9.17) is 0 Å². The van der Waals surface area contributed by atoms with E-state index in [1.807, 2.05) is 4.90 Å². The minimum Gasteiger partial charge on any atom is -0.328 e. The Morgan fingerprint density at radius 2 is 1.67 bits per heavy atom. The molecule has 4 nitrogen and oxygen atoms in total. The van der Waals surface area contributed by atoms with Gasteiger partial charge in [0.1, 0.15) is 0 Å². The van der Waals surface area contributed by atoms with Crippen LogP contribution < -0.4 is 5.32 Å². The molecule has 0 aliphatic carbocycles. The quantitative estimate of drug-likeness (QED) is 0.838. The van der Waals surface area contributed by atoms with E-state index in [1.54, 1.807) is 6.92 Å². The summed E-state index contributed by atoms with van der Waals surface area (Å²) in [4.78, 5) is 25.5. The number of Topliss-reactive ketones (excluding diaryl/α,β-unsaturated/α-hetero) is 1. The molecule has 4 heteroatoms. The molecule has 2 amide bonds. The minimum atomic E-state index is -0.333. The Balaban J connectivity index is 2.51. The summed E-state index contributed by atoms with van der Waals surface area (Å²) >= 11 is 0. The highest BCUT2D eigenvalue weighted by Gasteiger charge is 2.22. The van der Waals surface area contributed by atoms with E-state index in [-0.39, 0.29) is 17.9 Å². The highest BCUT2D eigenvalue weighted by Crippen LogP contribution is 2.11. The normalized spacial score (nSPS) is 18.3. The number of hydrogen-bond acceptors (Lipinski definition) is 2. The second-order valence-corrected chi connectivity index (χ2v) is 5.64. The molecule has 1 aliphatic heterocycles. The zero-order valence-corrected chi connectivity index (χ0v) is 11.9. The SMILES string of the molecule is CC(=O)[C@H](CC(C)C)NC(=O)N1CCCCCC1. The second kappa shape index (κ2) is 7.39. The van der Waals surface area contributed by atoms with Gasteiger partial charge in [0.05, 0.1) is 6.04 Å². The van der Waals surface area contributed by atoms with Crippen LogP contribution >= 0.6 is 0 Å². The molecule has 0 aromatic heterocycles. The van der Waals surface area contributed by atoms with Crippen molar-refractivity contribution in [3.63, 3.8) is 0 Å². The predicted molar refractivity (Wildman–Crippen MR) is 72.5 cm³/mol. The third-order valence-corrected chi connectivity index (χ3v) is 3.39. The van der Waals surface area contributed by atoms with Gasteiger partial charge in [0, 0.05) is 13.1 Å². The Morgan fingerprint density at radius 1 is 1.11 bits per heavy atom. The van der Waals surface area contributed by atoms with E-state index in [2.05, 4.69) is 19.2 Å². The molecular weight excluding hydrogens is 228 g/mol. The lowest BCUT2D eigenvalue weighted by atomic mass is 10.0. The summed E-state index contributed by atoms with van der Waals surface area (Å²) < 4.78 is 0. The molecule has 1 aliphatic rings. The number of amides is 2. The largest absolute Gasteiger partial charge is 0.328 e. The van der Waals surface area contributed by atoms with Crippen molar-refractivity contribution in [2.45, 2.75) is 58.9 Å². The van der Waals surface area contributed by atoms with E-state index in [0.717, 1.165) is 32.4 Å². The molecule has 104 valence electrons. The number of rotatable bonds is 4. The number of nitrogens with zero attached hydrogens (tertiary/aromatic N) is 1. The molecule has 0 unspecified atom stereocenters. The van der Waals surface area contributed by atoms with Crippen molar-refractivity contribution < 1.29 is 9.59 Å². The summed E-state index contributed by atoms with van der Waals surface area (Å²) in [5.41, 5.74) is 0.